The second-order valence-electron chi connectivity index (χ2n) is 5.97. The molecule has 0 saturated heterocycles. The van der Waals surface area contributed by atoms with Crippen LogP contribution in [0.1, 0.15) is 32.0 Å². The van der Waals surface area contributed by atoms with Gasteiger partial charge in [0.15, 0.2) is 0 Å². The predicted molar refractivity (Wildman–Crippen MR) is 97.0 cm³/mol. The molecule has 1 aliphatic heterocycles. The van der Waals surface area contributed by atoms with Crippen LogP contribution in [0.5, 0.6) is 0 Å². The minimum absolute atomic E-state index is 0.221. The van der Waals surface area contributed by atoms with Crippen LogP contribution < -0.4 is 0 Å². The summed E-state index contributed by atoms with van der Waals surface area (Å²) >= 11 is 0. The highest BCUT2D eigenvalue weighted by atomic mass is 16.2. The highest BCUT2D eigenvalue weighted by Crippen LogP contribution is 2.25. The van der Waals surface area contributed by atoms with Crippen LogP contribution in [-0.2, 0) is 6.54 Å². The Morgan fingerprint density at radius 2 is 1.73 bits per heavy atom. The quantitative estimate of drug-likeness (QED) is 0.540. The Labute approximate surface area is 149 Å². The number of nitrogens with zero attached hydrogens (tertiary/aromatic N) is 3. The van der Waals surface area contributed by atoms with Crippen molar-refractivity contribution >= 4 is 28.8 Å². The Bertz CT molecular complexity index is 1090. The molecule has 0 saturated carbocycles. The molecule has 2 aromatic carbocycles. The summed E-state index contributed by atoms with van der Waals surface area (Å²) in [6.07, 6.45) is 3.02. The zero-order valence-corrected chi connectivity index (χ0v) is 13.7. The minimum Gasteiger partial charge on any atom is -0.270 e. The van der Waals surface area contributed by atoms with Crippen LogP contribution in [0.15, 0.2) is 60.7 Å². The van der Waals surface area contributed by atoms with Crippen LogP contribution in [-0.4, -0.2) is 21.7 Å². The molecule has 0 unspecified atom stereocenters. The van der Waals surface area contributed by atoms with E-state index in [0.717, 1.165) is 16.5 Å². The first-order valence-corrected chi connectivity index (χ1v) is 8.08. The van der Waals surface area contributed by atoms with E-state index in [2.05, 4.69) is 4.98 Å². The molecule has 1 aliphatic rings. The van der Waals surface area contributed by atoms with Gasteiger partial charge in [0.2, 0.25) is 0 Å². The van der Waals surface area contributed by atoms with Crippen molar-refractivity contribution in [2.75, 3.05) is 0 Å². The molecule has 0 radical (unpaired) electrons. The van der Waals surface area contributed by atoms with Crippen molar-refractivity contribution in [2.24, 2.45) is 0 Å². The number of benzene rings is 2. The van der Waals surface area contributed by atoms with E-state index in [-0.39, 0.29) is 18.4 Å². The zero-order valence-electron chi connectivity index (χ0n) is 13.7. The van der Waals surface area contributed by atoms with E-state index in [9.17, 15) is 9.59 Å². The maximum absolute atomic E-state index is 12.5. The van der Waals surface area contributed by atoms with E-state index in [1.165, 1.54) is 11.0 Å². The van der Waals surface area contributed by atoms with Gasteiger partial charge in [-0.1, -0.05) is 24.3 Å². The number of carbonyl (C=O) groups is 2. The second-order valence-corrected chi connectivity index (χ2v) is 5.97. The number of allylic oxidation sites excluding steroid dienone is 1. The molecular weight excluding hydrogens is 326 g/mol. The van der Waals surface area contributed by atoms with E-state index in [1.807, 2.05) is 36.4 Å². The van der Waals surface area contributed by atoms with Gasteiger partial charge in [-0.3, -0.25) is 14.5 Å². The number of imide groups is 1. The Kier molecular flexibility index (Phi) is 3.79. The summed E-state index contributed by atoms with van der Waals surface area (Å²) in [6.45, 7) is 0.221. The fraction of sp³-hybridized carbons (Fsp3) is 0.0476. The molecule has 2 amide bonds. The third-order valence-corrected chi connectivity index (χ3v) is 4.32. The number of hydrogen-bond donors (Lipinski definition) is 0. The molecule has 2 heterocycles. The normalized spacial score (nSPS) is 13.4. The molecule has 0 atom stereocenters. The van der Waals surface area contributed by atoms with Crippen LogP contribution >= 0.6 is 0 Å². The summed E-state index contributed by atoms with van der Waals surface area (Å²) < 4.78 is 0. The van der Waals surface area contributed by atoms with Gasteiger partial charge >= 0.3 is 0 Å². The van der Waals surface area contributed by atoms with E-state index in [4.69, 9.17) is 5.26 Å². The van der Waals surface area contributed by atoms with Gasteiger partial charge in [0.1, 0.15) is 0 Å². The Balaban J connectivity index is 1.62. The molecule has 5 heteroatoms. The predicted octanol–water partition coefficient (Wildman–Crippen LogP) is 3.57. The van der Waals surface area contributed by atoms with Gasteiger partial charge in [-0.25, -0.2) is 4.98 Å². The molecule has 5 nitrogen and oxygen atoms in total. The molecule has 124 valence electrons. The minimum atomic E-state index is -0.263. The van der Waals surface area contributed by atoms with E-state index < -0.39 is 0 Å². The van der Waals surface area contributed by atoms with Crippen LogP contribution in [0.2, 0.25) is 0 Å². The molecule has 0 N–H and O–H groups in total. The highest BCUT2D eigenvalue weighted by molar-refractivity contribution is 6.21. The lowest BCUT2D eigenvalue weighted by atomic mass is 10.1. The Morgan fingerprint density at radius 3 is 2.42 bits per heavy atom. The number of rotatable bonds is 3. The average Bonchev–Trinajstić information content (AvgIpc) is 2.91. The van der Waals surface area contributed by atoms with Crippen molar-refractivity contribution in [3.8, 4) is 6.07 Å². The van der Waals surface area contributed by atoms with Gasteiger partial charge < -0.3 is 0 Å². The maximum atomic E-state index is 12.5. The number of amides is 2. The molecule has 26 heavy (non-hydrogen) atoms. The molecular formula is C21H13N3O2. The van der Waals surface area contributed by atoms with Gasteiger partial charge in [-0.15, -0.1) is 0 Å². The van der Waals surface area contributed by atoms with Crippen molar-refractivity contribution in [3.05, 3.63) is 83.1 Å². The maximum Gasteiger partial charge on any atom is 0.261 e. The number of hydrogen-bond acceptors (Lipinski definition) is 4. The fourth-order valence-electron chi connectivity index (χ4n) is 3.07. The average molecular weight is 339 g/mol. The lowest BCUT2D eigenvalue weighted by Crippen LogP contribution is -2.29. The molecule has 0 spiro atoms. The topological polar surface area (TPSA) is 74.1 Å². The van der Waals surface area contributed by atoms with Gasteiger partial charge in [0.05, 0.1) is 35.0 Å². The number of carbonyl (C=O) groups excluding carboxylic acids is 2. The first kappa shape index (κ1) is 15.7. The van der Waals surface area contributed by atoms with Crippen LogP contribution in [0.4, 0.5) is 0 Å². The van der Waals surface area contributed by atoms with Crippen molar-refractivity contribution in [2.45, 2.75) is 6.54 Å². The van der Waals surface area contributed by atoms with Crippen LogP contribution in [0.25, 0.3) is 17.0 Å². The summed E-state index contributed by atoms with van der Waals surface area (Å²) in [6, 6.07) is 18.2. The second kappa shape index (κ2) is 6.26. The monoisotopic (exact) mass is 339 g/mol. The highest BCUT2D eigenvalue weighted by Gasteiger charge is 2.34. The lowest BCUT2D eigenvalue weighted by Gasteiger charge is -2.14. The summed E-state index contributed by atoms with van der Waals surface area (Å²) in [4.78, 5) is 30.7. The van der Waals surface area contributed by atoms with Crippen molar-refractivity contribution in [1.29, 1.82) is 5.26 Å². The largest absolute Gasteiger partial charge is 0.270 e. The Hall–Kier alpha value is -3.78. The fourth-order valence-corrected chi connectivity index (χ4v) is 3.07. The first-order chi connectivity index (χ1) is 12.7. The molecule has 0 fully saturated rings. The van der Waals surface area contributed by atoms with Crippen LogP contribution in [0, 0.1) is 11.3 Å². The smallest absolute Gasteiger partial charge is 0.261 e. The van der Waals surface area contributed by atoms with E-state index in [1.54, 1.807) is 30.3 Å². The summed E-state index contributed by atoms with van der Waals surface area (Å²) in [7, 11) is 0. The van der Waals surface area contributed by atoms with Gasteiger partial charge in [-0.05, 0) is 42.0 Å². The van der Waals surface area contributed by atoms with Crippen LogP contribution in [0.3, 0.4) is 0 Å². The number of pyridine rings is 1. The zero-order chi connectivity index (χ0) is 18.1. The van der Waals surface area contributed by atoms with E-state index >= 15 is 0 Å². The molecule has 0 aliphatic carbocycles. The summed E-state index contributed by atoms with van der Waals surface area (Å²) in [5, 5.41) is 9.51. The van der Waals surface area contributed by atoms with Crippen molar-refractivity contribution in [1.82, 2.24) is 9.88 Å². The van der Waals surface area contributed by atoms with E-state index in [0.29, 0.717) is 16.8 Å². The summed E-state index contributed by atoms with van der Waals surface area (Å²) in [5.41, 5.74) is 3.25. The third kappa shape index (κ3) is 2.64. The Morgan fingerprint density at radius 1 is 1.00 bits per heavy atom. The molecule has 4 rings (SSSR count). The van der Waals surface area contributed by atoms with Crippen molar-refractivity contribution < 1.29 is 9.59 Å². The number of nitriles is 1. The van der Waals surface area contributed by atoms with Gasteiger partial charge in [-0.2, -0.15) is 5.26 Å². The lowest BCUT2D eigenvalue weighted by molar-refractivity contribution is 0.0642. The van der Waals surface area contributed by atoms with Gasteiger partial charge in [0.25, 0.3) is 11.8 Å². The first-order valence-electron chi connectivity index (χ1n) is 8.08. The SMILES string of the molecule is N#CC=Cc1ccc2cc(CN3C(=O)c4ccccc4C3=O)ccc2n1. The molecule has 1 aromatic heterocycles. The number of aromatic nitrogens is 1. The molecule has 0 bridgehead atoms. The summed E-state index contributed by atoms with van der Waals surface area (Å²) in [5.74, 6) is -0.526. The standard InChI is InChI=1S/C21H13N3O2/c22-11-3-4-16-9-8-15-12-14(7-10-19(15)23-16)13-24-20(25)17-5-1-2-6-18(17)21(24)26/h1-10,12H,13H2. The third-order valence-electron chi connectivity index (χ3n) is 4.32. The number of fused-ring (bicyclic) bond motifs is 2. The van der Waals surface area contributed by atoms with Crippen molar-refractivity contribution in [3.63, 3.8) is 0 Å². The molecule has 3 aromatic rings. The van der Waals surface area contributed by atoms with Gasteiger partial charge in [0, 0.05) is 11.5 Å².